The van der Waals surface area contributed by atoms with Crippen LogP contribution >= 0.6 is 22.9 Å². The molecule has 1 amide bonds. The molecule has 0 saturated carbocycles. The van der Waals surface area contributed by atoms with Gasteiger partial charge in [-0.15, -0.1) is 11.3 Å². The SMILES string of the molecule is C[C@H](c1nc2ccccc2s1)N(C)C(=O)Cc1ccc(Cl)cc1. The number of hydrogen-bond donors (Lipinski definition) is 0. The second-order valence-electron chi connectivity index (χ2n) is 5.50. The number of carbonyl (C=O) groups excluding carboxylic acids is 1. The minimum atomic E-state index is -0.0489. The Kier molecular flexibility index (Phi) is 4.64. The van der Waals surface area contributed by atoms with E-state index in [1.807, 2.05) is 44.3 Å². The van der Waals surface area contributed by atoms with E-state index in [0.717, 1.165) is 20.8 Å². The van der Waals surface area contributed by atoms with Crippen LogP contribution in [0.5, 0.6) is 0 Å². The topological polar surface area (TPSA) is 33.2 Å². The van der Waals surface area contributed by atoms with Gasteiger partial charge in [-0.2, -0.15) is 0 Å². The number of fused-ring (bicyclic) bond motifs is 1. The van der Waals surface area contributed by atoms with Crippen LogP contribution in [0.25, 0.3) is 10.2 Å². The third-order valence-electron chi connectivity index (χ3n) is 3.91. The molecule has 3 nitrogen and oxygen atoms in total. The van der Waals surface area contributed by atoms with Gasteiger partial charge in [0.15, 0.2) is 0 Å². The van der Waals surface area contributed by atoms with E-state index >= 15 is 0 Å². The molecular weight excluding hydrogens is 328 g/mol. The zero-order valence-corrected chi connectivity index (χ0v) is 14.6. The lowest BCUT2D eigenvalue weighted by molar-refractivity contribution is -0.131. The molecule has 0 spiro atoms. The Labute approximate surface area is 144 Å². The smallest absolute Gasteiger partial charge is 0.227 e. The molecular formula is C18H17ClN2OS. The van der Waals surface area contributed by atoms with Gasteiger partial charge in [0, 0.05) is 12.1 Å². The van der Waals surface area contributed by atoms with Crippen LogP contribution in [-0.2, 0) is 11.2 Å². The van der Waals surface area contributed by atoms with Gasteiger partial charge >= 0.3 is 0 Å². The fraction of sp³-hybridized carbons (Fsp3) is 0.222. The fourth-order valence-corrected chi connectivity index (χ4v) is 3.54. The molecule has 1 heterocycles. The zero-order chi connectivity index (χ0) is 16.4. The average Bonchev–Trinajstić information content (AvgIpc) is 2.99. The Bertz CT molecular complexity index is 795. The highest BCUT2D eigenvalue weighted by molar-refractivity contribution is 7.18. The molecule has 0 unspecified atom stereocenters. The van der Waals surface area contributed by atoms with E-state index < -0.39 is 0 Å². The number of likely N-dealkylation sites (N-methyl/N-ethyl adjacent to an activating group) is 1. The molecule has 0 fully saturated rings. The third-order valence-corrected chi connectivity index (χ3v) is 5.37. The number of hydrogen-bond acceptors (Lipinski definition) is 3. The van der Waals surface area contributed by atoms with Crippen molar-refractivity contribution in [3.63, 3.8) is 0 Å². The van der Waals surface area contributed by atoms with Gasteiger partial charge < -0.3 is 4.90 Å². The first-order chi connectivity index (χ1) is 11.0. The predicted octanol–water partition coefficient (Wildman–Crippen LogP) is 4.71. The summed E-state index contributed by atoms with van der Waals surface area (Å²) in [6.07, 6.45) is 0.364. The van der Waals surface area contributed by atoms with Gasteiger partial charge in [-0.1, -0.05) is 35.9 Å². The Morgan fingerprint density at radius 1 is 1.22 bits per heavy atom. The number of thiazole rings is 1. The van der Waals surface area contributed by atoms with Gasteiger partial charge in [0.25, 0.3) is 0 Å². The maximum absolute atomic E-state index is 12.5. The molecule has 0 radical (unpaired) electrons. The summed E-state index contributed by atoms with van der Waals surface area (Å²) >= 11 is 7.51. The maximum atomic E-state index is 12.5. The first-order valence-electron chi connectivity index (χ1n) is 7.40. The van der Waals surface area contributed by atoms with Crippen molar-refractivity contribution in [2.24, 2.45) is 0 Å². The highest BCUT2D eigenvalue weighted by Crippen LogP contribution is 2.29. The summed E-state index contributed by atoms with van der Waals surface area (Å²) in [5, 5.41) is 1.63. The van der Waals surface area contributed by atoms with Gasteiger partial charge in [-0.25, -0.2) is 4.98 Å². The average molecular weight is 345 g/mol. The number of halogens is 1. The van der Waals surface area contributed by atoms with Gasteiger partial charge in [0.2, 0.25) is 5.91 Å². The number of aromatic nitrogens is 1. The summed E-state index contributed by atoms with van der Waals surface area (Å²) in [4.78, 5) is 18.9. The van der Waals surface area contributed by atoms with Gasteiger partial charge in [-0.3, -0.25) is 4.79 Å². The van der Waals surface area contributed by atoms with Crippen LogP contribution in [0.15, 0.2) is 48.5 Å². The molecule has 5 heteroatoms. The van der Waals surface area contributed by atoms with Gasteiger partial charge in [0.1, 0.15) is 5.01 Å². The molecule has 0 aliphatic rings. The summed E-state index contributed by atoms with van der Waals surface area (Å²) in [6.45, 7) is 2.01. The minimum Gasteiger partial charge on any atom is -0.336 e. The van der Waals surface area contributed by atoms with E-state index in [9.17, 15) is 4.79 Å². The molecule has 0 aliphatic carbocycles. The van der Waals surface area contributed by atoms with Crippen molar-refractivity contribution >= 4 is 39.1 Å². The normalized spacial score (nSPS) is 12.3. The summed E-state index contributed by atoms with van der Waals surface area (Å²) in [6, 6.07) is 15.4. The molecule has 0 saturated heterocycles. The minimum absolute atomic E-state index is 0.0489. The third kappa shape index (κ3) is 3.54. The Balaban J connectivity index is 1.74. The summed E-state index contributed by atoms with van der Waals surface area (Å²) in [5.41, 5.74) is 1.95. The van der Waals surface area contributed by atoms with E-state index in [4.69, 9.17) is 11.6 Å². The van der Waals surface area contributed by atoms with Crippen LogP contribution in [0, 0.1) is 0 Å². The van der Waals surface area contributed by atoms with Crippen molar-refractivity contribution in [3.8, 4) is 0 Å². The lowest BCUT2D eigenvalue weighted by atomic mass is 10.1. The number of carbonyl (C=O) groups is 1. The largest absolute Gasteiger partial charge is 0.336 e. The molecule has 23 heavy (non-hydrogen) atoms. The lowest BCUT2D eigenvalue weighted by Gasteiger charge is -2.23. The quantitative estimate of drug-likeness (QED) is 0.686. The first-order valence-corrected chi connectivity index (χ1v) is 8.59. The molecule has 1 aromatic heterocycles. The van der Waals surface area contributed by atoms with Gasteiger partial charge in [-0.05, 0) is 36.8 Å². The Morgan fingerprint density at radius 3 is 2.61 bits per heavy atom. The highest BCUT2D eigenvalue weighted by Gasteiger charge is 2.20. The number of benzene rings is 2. The van der Waals surface area contributed by atoms with Crippen molar-refractivity contribution in [2.45, 2.75) is 19.4 Å². The zero-order valence-electron chi connectivity index (χ0n) is 13.0. The Hall–Kier alpha value is -1.91. The van der Waals surface area contributed by atoms with Crippen LogP contribution in [0.2, 0.25) is 5.02 Å². The first kappa shape index (κ1) is 16.0. The standard InChI is InChI=1S/C18H17ClN2OS/c1-12(18-20-15-5-3-4-6-16(15)23-18)21(2)17(22)11-13-7-9-14(19)10-8-13/h3-10,12H,11H2,1-2H3/t12-/m1/s1. The van der Waals surface area contributed by atoms with Crippen molar-refractivity contribution in [3.05, 3.63) is 64.1 Å². The predicted molar refractivity (Wildman–Crippen MR) is 96.0 cm³/mol. The Morgan fingerprint density at radius 2 is 1.91 bits per heavy atom. The molecule has 0 N–H and O–H groups in total. The van der Waals surface area contributed by atoms with Crippen LogP contribution in [-0.4, -0.2) is 22.8 Å². The van der Waals surface area contributed by atoms with E-state index in [2.05, 4.69) is 11.1 Å². The van der Waals surface area contributed by atoms with E-state index in [-0.39, 0.29) is 11.9 Å². The van der Waals surface area contributed by atoms with E-state index in [0.29, 0.717) is 11.4 Å². The van der Waals surface area contributed by atoms with Crippen LogP contribution < -0.4 is 0 Å². The number of amides is 1. The molecule has 3 aromatic rings. The van der Waals surface area contributed by atoms with E-state index in [1.165, 1.54) is 0 Å². The molecule has 0 bridgehead atoms. The number of nitrogens with zero attached hydrogens (tertiary/aromatic N) is 2. The van der Waals surface area contributed by atoms with Crippen molar-refractivity contribution < 1.29 is 4.79 Å². The van der Waals surface area contributed by atoms with Crippen molar-refractivity contribution in [1.82, 2.24) is 9.88 Å². The maximum Gasteiger partial charge on any atom is 0.227 e. The molecule has 3 rings (SSSR count). The molecule has 1 atom stereocenters. The molecule has 118 valence electrons. The monoisotopic (exact) mass is 344 g/mol. The van der Waals surface area contributed by atoms with Crippen LogP contribution in [0.1, 0.15) is 23.5 Å². The lowest BCUT2D eigenvalue weighted by Crippen LogP contribution is -2.30. The van der Waals surface area contributed by atoms with Crippen LogP contribution in [0.3, 0.4) is 0 Å². The summed E-state index contributed by atoms with van der Waals surface area (Å²) < 4.78 is 1.15. The number of rotatable bonds is 4. The summed E-state index contributed by atoms with van der Waals surface area (Å²) in [7, 11) is 1.83. The highest BCUT2D eigenvalue weighted by atomic mass is 35.5. The second kappa shape index (κ2) is 6.69. The van der Waals surface area contributed by atoms with Crippen molar-refractivity contribution in [2.75, 3.05) is 7.05 Å². The van der Waals surface area contributed by atoms with Gasteiger partial charge in [0.05, 0.1) is 22.7 Å². The summed E-state index contributed by atoms with van der Waals surface area (Å²) in [5.74, 6) is 0.0686. The second-order valence-corrected chi connectivity index (χ2v) is 7.00. The fourth-order valence-electron chi connectivity index (χ4n) is 2.35. The van der Waals surface area contributed by atoms with E-state index in [1.54, 1.807) is 28.4 Å². The van der Waals surface area contributed by atoms with Crippen molar-refractivity contribution in [1.29, 1.82) is 0 Å². The number of para-hydroxylation sites is 1. The molecule has 0 aliphatic heterocycles. The molecule has 2 aromatic carbocycles. The van der Waals surface area contributed by atoms with Crippen LogP contribution in [0.4, 0.5) is 0 Å².